The molecule has 0 aromatic carbocycles. The minimum atomic E-state index is -0.356. The molecule has 0 spiro atoms. The second-order valence-electron chi connectivity index (χ2n) is 3.91. The number of pyridine rings is 1. The van der Waals surface area contributed by atoms with Crippen LogP contribution >= 0.6 is 0 Å². The number of ether oxygens (including phenoxy) is 3. The molecular formula is C11H16N2O3. The first-order chi connectivity index (χ1) is 7.64. The molecule has 0 radical (unpaired) electrons. The van der Waals surface area contributed by atoms with E-state index >= 15 is 0 Å². The number of nitrogens with zero attached hydrogens (tertiary/aromatic N) is 1. The largest absolute Gasteiger partial charge is 0.495 e. The molecule has 1 aromatic heterocycles. The van der Waals surface area contributed by atoms with Gasteiger partial charge in [0.05, 0.1) is 26.9 Å². The molecule has 2 rings (SSSR count). The molecule has 1 saturated carbocycles. The Morgan fingerprint density at radius 1 is 1.12 bits per heavy atom. The highest BCUT2D eigenvalue weighted by Gasteiger charge is 2.44. The Morgan fingerprint density at radius 2 is 1.75 bits per heavy atom. The molecule has 1 heterocycles. The number of nitrogens with two attached hydrogens (primary N) is 1. The van der Waals surface area contributed by atoms with E-state index < -0.39 is 0 Å². The van der Waals surface area contributed by atoms with Gasteiger partial charge in [-0.05, 0) is 12.8 Å². The van der Waals surface area contributed by atoms with Gasteiger partial charge < -0.3 is 19.9 Å². The van der Waals surface area contributed by atoms with E-state index in [0.29, 0.717) is 17.4 Å². The fourth-order valence-corrected chi connectivity index (χ4v) is 1.64. The SMILES string of the molecule is COc1cc(OC)c(C2(N)CC2)nc1OC. The van der Waals surface area contributed by atoms with Crippen molar-refractivity contribution in [1.82, 2.24) is 4.98 Å². The van der Waals surface area contributed by atoms with E-state index in [2.05, 4.69) is 4.98 Å². The molecule has 1 aliphatic rings. The second-order valence-corrected chi connectivity index (χ2v) is 3.91. The highest BCUT2D eigenvalue weighted by Crippen LogP contribution is 2.47. The predicted molar refractivity (Wildman–Crippen MR) is 59.0 cm³/mol. The van der Waals surface area contributed by atoms with Gasteiger partial charge in [-0.15, -0.1) is 0 Å². The third-order valence-corrected chi connectivity index (χ3v) is 2.81. The molecule has 88 valence electrons. The van der Waals surface area contributed by atoms with Crippen molar-refractivity contribution in [2.75, 3.05) is 21.3 Å². The number of methoxy groups -OCH3 is 3. The third-order valence-electron chi connectivity index (χ3n) is 2.81. The molecule has 0 unspecified atom stereocenters. The molecule has 1 fully saturated rings. The van der Waals surface area contributed by atoms with Crippen LogP contribution in [0.1, 0.15) is 18.5 Å². The van der Waals surface area contributed by atoms with Gasteiger partial charge in [0.2, 0.25) is 0 Å². The van der Waals surface area contributed by atoms with Gasteiger partial charge in [0.25, 0.3) is 5.88 Å². The standard InChI is InChI=1S/C11H16N2O3/c1-14-7-6-8(15-2)10(16-3)13-9(7)11(12)4-5-11/h6H,4-5,12H2,1-3H3. The highest BCUT2D eigenvalue weighted by atomic mass is 16.5. The summed E-state index contributed by atoms with van der Waals surface area (Å²) in [6.07, 6.45) is 1.84. The van der Waals surface area contributed by atoms with Crippen molar-refractivity contribution in [2.24, 2.45) is 5.73 Å². The van der Waals surface area contributed by atoms with Crippen molar-refractivity contribution in [1.29, 1.82) is 0 Å². The second kappa shape index (κ2) is 3.83. The van der Waals surface area contributed by atoms with E-state index in [9.17, 15) is 0 Å². The van der Waals surface area contributed by atoms with Crippen LogP contribution in [0.3, 0.4) is 0 Å². The summed E-state index contributed by atoms with van der Waals surface area (Å²) < 4.78 is 15.6. The monoisotopic (exact) mass is 224 g/mol. The molecule has 2 N–H and O–H groups in total. The lowest BCUT2D eigenvalue weighted by Crippen LogP contribution is -2.21. The summed E-state index contributed by atoms with van der Waals surface area (Å²) in [4.78, 5) is 4.37. The lowest BCUT2D eigenvalue weighted by atomic mass is 10.1. The first kappa shape index (κ1) is 11.0. The van der Waals surface area contributed by atoms with Gasteiger partial charge in [0.15, 0.2) is 5.75 Å². The van der Waals surface area contributed by atoms with E-state index in [1.54, 1.807) is 27.4 Å². The van der Waals surface area contributed by atoms with Crippen LogP contribution in [0.4, 0.5) is 0 Å². The molecule has 0 amide bonds. The van der Waals surface area contributed by atoms with E-state index in [1.807, 2.05) is 0 Å². The predicted octanol–water partition coefficient (Wildman–Crippen LogP) is 1.06. The van der Waals surface area contributed by atoms with Gasteiger partial charge in [-0.2, -0.15) is 0 Å². The van der Waals surface area contributed by atoms with Crippen LogP contribution in [-0.4, -0.2) is 26.3 Å². The third kappa shape index (κ3) is 1.67. The first-order valence-electron chi connectivity index (χ1n) is 5.11. The number of aromatic nitrogens is 1. The van der Waals surface area contributed by atoms with Gasteiger partial charge in [-0.25, -0.2) is 4.98 Å². The molecule has 16 heavy (non-hydrogen) atoms. The van der Waals surface area contributed by atoms with Crippen molar-refractivity contribution >= 4 is 0 Å². The van der Waals surface area contributed by atoms with Crippen molar-refractivity contribution in [3.63, 3.8) is 0 Å². The molecular weight excluding hydrogens is 208 g/mol. The lowest BCUT2D eigenvalue weighted by molar-refractivity contribution is 0.331. The molecule has 0 aliphatic heterocycles. The summed E-state index contributed by atoms with van der Waals surface area (Å²) in [5, 5.41) is 0. The molecule has 0 saturated heterocycles. The maximum Gasteiger partial charge on any atom is 0.257 e. The zero-order valence-electron chi connectivity index (χ0n) is 9.74. The molecule has 5 nitrogen and oxygen atoms in total. The normalized spacial score (nSPS) is 16.8. The maximum atomic E-state index is 6.12. The number of rotatable bonds is 4. The molecule has 0 bridgehead atoms. The Balaban J connectivity index is 2.51. The molecule has 1 aliphatic carbocycles. The van der Waals surface area contributed by atoms with Crippen molar-refractivity contribution in [2.45, 2.75) is 18.4 Å². The quantitative estimate of drug-likeness (QED) is 0.828. The molecule has 0 atom stereocenters. The molecule has 5 heteroatoms. The van der Waals surface area contributed by atoms with Gasteiger partial charge in [0.1, 0.15) is 11.4 Å². The van der Waals surface area contributed by atoms with Crippen LogP contribution in [-0.2, 0) is 5.54 Å². The van der Waals surface area contributed by atoms with E-state index in [0.717, 1.165) is 18.5 Å². The number of hydrogen-bond acceptors (Lipinski definition) is 5. The summed E-state index contributed by atoms with van der Waals surface area (Å²) in [7, 11) is 4.71. The van der Waals surface area contributed by atoms with Gasteiger partial charge in [-0.3, -0.25) is 0 Å². The van der Waals surface area contributed by atoms with Gasteiger partial charge in [0, 0.05) is 6.07 Å². The summed E-state index contributed by atoms with van der Waals surface area (Å²) in [5.74, 6) is 1.64. The highest BCUT2D eigenvalue weighted by molar-refractivity contribution is 5.47. The minimum Gasteiger partial charge on any atom is -0.495 e. The van der Waals surface area contributed by atoms with Crippen molar-refractivity contribution < 1.29 is 14.2 Å². The fraction of sp³-hybridized carbons (Fsp3) is 0.545. The van der Waals surface area contributed by atoms with Crippen LogP contribution in [0.5, 0.6) is 17.4 Å². The average Bonchev–Trinajstić information content (AvgIpc) is 3.06. The van der Waals surface area contributed by atoms with Crippen LogP contribution < -0.4 is 19.9 Å². The van der Waals surface area contributed by atoms with E-state index in [1.165, 1.54) is 0 Å². The van der Waals surface area contributed by atoms with Crippen molar-refractivity contribution in [3.05, 3.63) is 11.8 Å². The zero-order valence-corrected chi connectivity index (χ0v) is 9.74. The smallest absolute Gasteiger partial charge is 0.257 e. The van der Waals surface area contributed by atoms with Crippen LogP contribution in [0.25, 0.3) is 0 Å². The number of hydrogen-bond donors (Lipinski definition) is 1. The fourth-order valence-electron chi connectivity index (χ4n) is 1.64. The van der Waals surface area contributed by atoms with Crippen LogP contribution in [0.15, 0.2) is 6.07 Å². The van der Waals surface area contributed by atoms with E-state index in [4.69, 9.17) is 19.9 Å². The van der Waals surface area contributed by atoms with Crippen molar-refractivity contribution in [3.8, 4) is 17.4 Å². The van der Waals surface area contributed by atoms with E-state index in [-0.39, 0.29) is 5.54 Å². The van der Waals surface area contributed by atoms with Gasteiger partial charge in [-0.1, -0.05) is 0 Å². The topological polar surface area (TPSA) is 66.6 Å². The van der Waals surface area contributed by atoms with Crippen LogP contribution in [0.2, 0.25) is 0 Å². The summed E-state index contributed by atoms with van der Waals surface area (Å²) in [6.45, 7) is 0. The zero-order chi connectivity index (χ0) is 11.8. The van der Waals surface area contributed by atoms with Crippen LogP contribution in [0, 0.1) is 0 Å². The Labute approximate surface area is 94.5 Å². The summed E-state index contributed by atoms with van der Waals surface area (Å²) in [6, 6.07) is 1.76. The summed E-state index contributed by atoms with van der Waals surface area (Å²) in [5.41, 5.74) is 6.51. The van der Waals surface area contributed by atoms with Gasteiger partial charge >= 0.3 is 0 Å². The maximum absolute atomic E-state index is 6.12. The summed E-state index contributed by atoms with van der Waals surface area (Å²) >= 11 is 0. The Bertz CT molecular complexity index is 402. The molecule has 1 aromatic rings. The Morgan fingerprint density at radius 3 is 2.19 bits per heavy atom. The lowest BCUT2D eigenvalue weighted by Gasteiger charge is -2.16. The Hall–Kier alpha value is -1.49. The average molecular weight is 224 g/mol. The minimum absolute atomic E-state index is 0.356. The Kier molecular flexibility index (Phi) is 2.63. The first-order valence-corrected chi connectivity index (χ1v) is 5.11.